The highest BCUT2D eigenvalue weighted by molar-refractivity contribution is 7.16. The first-order valence-electron chi connectivity index (χ1n) is 8.08. The summed E-state index contributed by atoms with van der Waals surface area (Å²) in [5.74, 6) is -0.0866. The van der Waals surface area contributed by atoms with Crippen LogP contribution in [0.4, 0.5) is 0 Å². The third kappa shape index (κ3) is 3.58. The fourth-order valence-electron chi connectivity index (χ4n) is 2.54. The molecule has 4 aromatic rings. The maximum Gasteiger partial charge on any atom is 0.251 e. The Kier molecular flexibility index (Phi) is 4.64. The lowest BCUT2D eigenvalue weighted by Gasteiger charge is -2.05. The average molecular weight is 380 g/mol. The predicted octanol–water partition coefficient (Wildman–Crippen LogP) is 4.30. The zero-order chi connectivity index (χ0) is 17.9. The van der Waals surface area contributed by atoms with Crippen LogP contribution < -0.4 is 5.32 Å². The Bertz CT molecular complexity index is 1020. The molecule has 0 aliphatic heterocycles. The Labute approximate surface area is 159 Å². The number of carbonyl (C=O) groups excluding carboxylic acids is 1. The minimum Gasteiger partial charge on any atom is -0.347 e. The number of rotatable bonds is 5. The molecule has 3 heterocycles. The number of nitrogens with zero attached hydrogens (tertiary/aromatic N) is 3. The fraction of sp³-hybridized carbons (Fsp3) is 0.105. The molecule has 1 aromatic carbocycles. The Balaban J connectivity index is 1.39. The van der Waals surface area contributed by atoms with E-state index in [-0.39, 0.29) is 5.91 Å². The second-order valence-electron chi connectivity index (χ2n) is 5.70. The van der Waals surface area contributed by atoms with E-state index in [1.54, 1.807) is 33.6 Å². The van der Waals surface area contributed by atoms with Crippen molar-refractivity contribution in [1.29, 1.82) is 0 Å². The third-order valence-electron chi connectivity index (χ3n) is 3.85. The molecule has 5 nitrogen and oxygen atoms in total. The maximum absolute atomic E-state index is 12.4. The van der Waals surface area contributed by atoms with Gasteiger partial charge in [0.2, 0.25) is 0 Å². The van der Waals surface area contributed by atoms with E-state index in [1.165, 1.54) is 0 Å². The van der Waals surface area contributed by atoms with Gasteiger partial charge in [0.1, 0.15) is 0 Å². The summed E-state index contributed by atoms with van der Waals surface area (Å²) in [4.78, 5) is 19.1. The molecule has 26 heavy (non-hydrogen) atoms. The van der Waals surface area contributed by atoms with E-state index in [1.807, 2.05) is 49.5 Å². The molecule has 7 heteroatoms. The lowest BCUT2D eigenvalue weighted by atomic mass is 10.2. The first-order valence-corrected chi connectivity index (χ1v) is 9.78. The lowest BCUT2D eigenvalue weighted by molar-refractivity contribution is 0.0951. The van der Waals surface area contributed by atoms with Crippen molar-refractivity contribution < 1.29 is 4.79 Å². The molecule has 1 N–H and O–H groups in total. The lowest BCUT2D eigenvalue weighted by Crippen LogP contribution is -2.22. The fourth-order valence-corrected chi connectivity index (χ4v) is 4.14. The van der Waals surface area contributed by atoms with Crippen molar-refractivity contribution in [1.82, 2.24) is 20.1 Å². The molecular formula is C19H16N4OS2. The Morgan fingerprint density at radius 2 is 2.04 bits per heavy atom. The maximum atomic E-state index is 12.4. The van der Waals surface area contributed by atoms with Gasteiger partial charge in [0.15, 0.2) is 0 Å². The molecular weight excluding hydrogens is 364 g/mol. The van der Waals surface area contributed by atoms with Crippen LogP contribution in [0.3, 0.4) is 0 Å². The molecule has 4 rings (SSSR count). The van der Waals surface area contributed by atoms with Crippen LogP contribution in [0.2, 0.25) is 0 Å². The van der Waals surface area contributed by atoms with Crippen LogP contribution in [-0.2, 0) is 6.54 Å². The standard InChI is InChI=1S/C19H16N4OS2/c1-13-22-17(12-25-13)18-8-7-16(26-18)11-20-19(24)14-3-5-15(6-4-14)23-10-2-9-21-23/h2-10,12H,11H2,1H3,(H,20,24). The van der Waals surface area contributed by atoms with Crippen molar-refractivity contribution in [3.8, 4) is 16.3 Å². The van der Waals surface area contributed by atoms with Gasteiger partial charge < -0.3 is 5.32 Å². The molecule has 0 saturated carbocycles. The van der Waals surface area contributed by atoms with Crippen LogP contribution in [-0.4, -0.2) is 20.7 Å². The van der Waals surface area contributed by atoms with E-state index in [0.29, 0.717) is 12.1 Å². The van der Waals surface area contributed by atoms with Gasteiger partial charge in [-0.25, -0.2) is 9.67 Å². The zero-order valence-electron chi connectivity index (χ0n) is 14.0. The van der Waals surface area contributed by atoms with E-state index >= 15 is 0 Å². The number of hydrogen-bond donors (Lipinski definition) is 1. The van der Waals surface area contributed by atoms with Crippen LogP contribution in [0.5, 0.6) is 0 Å². The van der Waals surface area contributed by atoms with Crippen molar-refractivity contribution in [3.05, 3.63) is 75.7 Å². The van der Waals surface area contributed by atoms with Gasteiger partial charge >= 0.3 is 0 Å². The SMILES string of the molecule is Cc1nc(-c2ccc(CNC(=O)c3ccc(-n4cccn4)cc3)s2)cs1. The average Bonchev–Trinajstić information content (AvgIpc) is 3.41. The molecule has 0 aliphatic rings. The molecule has 0 radical (unpaired) electrons. The molecule has 130 valence electrons. The van der Waals surface area contributed by atoms with Crippen molar-refractivity contribution in [2.45, 2.75) is 13.5 Å². The Hall–Kier alpha value is -2.77. The van der Waals surface area contributed by atoms with Gasteiger partial charge in [-0.1, -0.05) is 0 Å². The molecule has 3 aromatic heterocycles. The topological polar surface area (TPSA) is 59.8 Å². The summed E-state index contributed by atoms with van der Waals surface area (Å²) < 4.78 is 1.76. The van der Waals surface area contributed by atoms with E-state index < -0.39 is 0 Å². The Morgan fingerprint density at radius 1 is 1.19 bits per heavy atom. The number of aryl methyl sites for hydroxylation is 1. The molecule has 1 amide bonds. The number of carbonyl (C=O) groups is 1. The summed E-state index contributed by atoms with van der Waals surface area (Å²) in [5, 5.41) is 10.3. The van der Waals surface area contributed by atoms with Crippen LogP contribution in [0.1, 0.15) is 20.2 Å². The van der Waals surface area contributed by atoms with E-state index in [4.69, 9.17) is 0 Å². The number of amides is 1. The van der Waals surface area contributed by atoms with Gasteiger partial charge in [0.05, 0.1) is 27.8 Å². The van der Waals surface area contributed by atoms with Crippen LogP contribution in [0, 0.1) is 6.92 Å². The van der Waals surface area contributed by atoms with E-state index in [9.17, 15) is 4.79 Å². The molecule has 0 saturated heterocycles. The van der Waals surface area contributed by atoms with Gasteiger partial charge in [0.25, 0.3) is 5.91 Å². The normalized spacial score (nSPS) is 10.8. The summed E-state index contributed by atoms with van der Waals surface area (Å²) in [6.45, 7) is 2.51. The summed E-state index contributed by atoms with van der Waals surface area (Å²) in [6, 6.07) is 13.3. The van der Waals surface area contributed by atoms with Crippen LogP contribution in [0.25, 0.3) is 16.3 Å². The van der Waals surface area contributed by atoms with Gasteiger partial charge in [-0.05, 0) is 49.4 Å². The smallest absolute Gasteiger partial charge is 0.251 e. The number of nitrogens with one attached hydrogen (secondary N) is 1. The number of aromatic nitrogens is 3. The van der Waals surface area contributed by atoms with Crippen molar-refractivity contribution in [2.75, 3.05) is 0 Å². The first-order chi connectivity index (χ1) is 12.7. The highest BCUT2D eigenvalue weighted by atomic mass is 32.1. The molecule has 0 unspecified atom stereocenters. The quantitative estimate of drug-likeness (QED) is 0.562. The largest absolute Gasteiger partial charge is 0.347 e. The summed E-state index contributed by atoms with van der Waals surface area (Å²) in [6.07, 6.45) is 3.59. The summed E-state index contributed by atoms with van der Waals surface area (Å²) in [5.41, 5.74) is 2.56. The second-order valence-corrected chi connectivity index (χ2v) is 7.93. The van der Waals surface area contributed by atoms with Gasteiger partial charge in [0, 0.05) is 28.2 Å². The zero-order valence-corrected chi connectivity index (χ0v) is 15.7. The molecule has 0 bridgehead atoms. The highest BCUT2D eigenvalue weighted by Crippen LogP contribution is 2.28. The molecule has 0 fully saturated rings. The van der Waals surface area contributed by atoms with E-state index in [2.05, 4.69) is 26.8 Å². The number of benzene rings is 1. The van der Waals surface area contributed by atoms with Crippen molar-refractivity contribution in [2.24, 2.45) is 0 Å². The van der Waals surface area contributed by atoms with Crippen LogP contribution >= 0.6 is 22.7 Å². The minimum absolute atomic E-state index is 0.0866. The first kappa shape index (κ1) is 16.7. The van der Waals surface area contributed by atoms with Gasteiger partial charge in [-0.3, -0.25) is 4.79 Å². The molecule has 0 aliphatic carbocycles. The predicted molar refractivity (Wildman–Crippen MR) is 105 cm³/mol. The van der Waals surface area contributed by atoms with Crippen molar-refractivity contribution >= 4 is 28.6 Å². The second kappa shape index (κ2) is 7.23. The molecule has 0 atom stereocenters. The van der Waals surface area contributed by atoms with Crippen molar-refractivity contribution in [3.63, 3.8) is 0 Å². The summed E-state index contributed by atoms with van der Waals surface area (Å²) in [7, 11) is 0. The minimum atomic E-state index is -0.0866. The molecule has 0 spiro atoms. The monoisotopic (exact) mass is 380 g/mol. The highest BCUT2D eigenvalue weighted by Gasteiger charge is 2.09. The Morgan fingerprint density at radius 3 is 2.73 bits per heavy atom. The van der Waals surface area contributed by atoms with Gasteiger partial charge in [-0.2, -0.15) is 5.10 Å². The van der Waals surface area contributed by atoms with Crippen LogP contribution in [0.15, 0.2) is 60.2 Å². The van der Waals surface area contributed by atoms with E-state index in [0.717, 1.165) is 26.1 Å². The number of thiophene rings is 1. The van der Waals surface area contributed by atoms with Gasteiger partial charge in [-0.15, -0.1) is 22.7 Å². The number of hydrogen-bond acceptors (Lipinski definition) is 5. The third-order valence-corrected chi connectivity index (χ3v) is 5.74. The number of thiazole rings is 1. The summed E-state index contributed by atoms with van der Waals surface area (Å²) >= 11 is 3.30.